The van der Waals surface area contributed by atoms with Crippen molar-refractivity contribution in [1.82, 2.24) is 9.97 Å². The van der Waals surface area contributed by atoms with Crippen molar-refractivity contribution in [3.05, 3.63) is 71.0 Å². The van der Waals surface area contributed by atoms with E-state index in [2.05, 4.69) is 44.9 Å². The van der Waals surface area contributed by atoms with Crippen LogP contribution in [0.2, 0.25) is 0 Å². The molecule has 5 heteroatoms. The number of benzene rings is 2. The quantitative estimate of drug-likeness (QED) is 0.553. The highest BCUT2D eigenvalue weighted by Gasteiger charge is 2.20. The van der Waals surface area contributed by atoms with Crippen molar-refractivity contribution >= 4 is 17.7 Å². The van der Waals surface area contributed by atoms with Crippen LogP contribution in [0.1, 0.15) is 41.4 Å². The maximum Gasteiger partial charge on any atom is 0.130 e. The SMILES string of the molecule is CNc1cc(-c2cc(NC3CCCc4ccccc43)nc(C)n2)ccc1C=N. The summed E-state index contributed by atoms with van der Waals surface area (Å²) in [5.41, 5.74) is 6.46. The van der Waals surface area contributed by atoms with Gasteiger partial charge in [-0.1, -0.05) is 36.4 Å². The zero-order valence-electron chi connectivity index (χ0n) is 16.3. The molecule has 142 valence electrons. The molecule has 0 spiro atoms. The van der Waals surface area contributed by atoms with Crippen LogP contribution in [0.3, 0.4) is 0 Å². The lowest BCUT2D eigenvalue weighted by Crippen LogP contribution is -2.18. The van der Waals surface area contributed by atoms with Crippen molar-refractivity contribution in [2.45, 2.75) is 32.2 Å². The van der Waals surface area contributed by atoms with Gasteiger partial charge in [-0.05, 0) is 43.4 Å². The third kappa shape index (κ3) is 3.60. The maximum absolute atomic E-state index is 7.53. The van der Waals surface area contributed by atoms with Crippen molar-refractivity contribution in [2.75, 3.05) is 17.7 Å². The summed E-state index contributed by atoms with van der Waals surface area (Å²) >= 11 is 0. The minimum Gasteiger partial charge on any atom is -0.388 e. The van der Waals surface area contributed by atoms with Crippen LogP contribution in [0.4, 0.5) is 11.5 Å². The van der Waals surface area contributed by atoms with Gasteiger partial charge in [0.05, 0.1) is 11.7 Å². The fraction of sp³-hybridized carbons (Fsp3) is 0.261. The molecule has 1 aromatic heterocycles. The third-order valence-electron chi connectivity index (χ3n) is 5.30. The lowest BCUT2D eigenvalue weighted by molar-refractivity contribution is 0.598. The molecule has 0 fully saturated rings. The molecule has 1 aliphatic carbocycles. The molecule has 5 nitrogen and oxygen atoms in total. The predicted octanol–water partition coefficient (Wildman–Crippen LogP) is 4.98. The van der Waals surface area contributed by atoms with Gasteiger partial charge in [0.25, 0.3) is 0 Å². The van der Waals surface area contributed by atoms with E-state index in [1.807, 2.05) is 38.2 Å². The van der Waals surface area contributed by atoms with Crippen LogP contribution in [0.15, 0.2) is 48.5 Å². The zero-order chi connectivity index (χ0) is 19.5. The van der Waals surface area contributed by atoms with Crippen molar-refractivity contribution in [1.29, 1.82) is 5.41 Å². The fourth-order valence-corrected chi connectivity index (χ4v) is 3.93. The van der Waals surface area contributed by atoms with Gasteiger partial charge < -0.3 is 16.0 Å². The Morgan fingerprint density at radius 2 is 1.96 bits per heavy atom. The van der Waals surface area contributed by atoms with Crippen molar-refractivity contribution in [3.63, 3.8) is 0 Å². The first-order chi connectivity index (χ1) is 13.7. The number of nitrogens with zero attached hydrogens (tertiary/aromatic N) is 2. The van der Waals surface area contributed by atoms with Crippen LogP contribution >= 0.6 is 0 Å². The van der Waals surface area contributed by atoms with Gasteiger partial charge in [0.2, 0.25) is 0 Å². The van der Waals surface area contributed by atoms with E-state index in [0.717, 1.165) is 47.0 Å². The van der Waals surface area contributed by atoms with E-state index in [-0.39, 0.29) is 6.04 Å². The van der Waals surface area contributed by atoms with Crippen molar-refractivity contribution < 1.29 is 0 Å². The number of aryl methyl sites for hydroxylation is 2. The van der Waals surface area contributed by atoms with Crippen LogP contribution in [0.25, 0.3) is 11.3 Å². The van der Waals surface area contributed by atoms with Crippen LogP contribution in [0.5, 0.6) is 0 Å². The summed E-state index contributed by atoms with van der Waals surface area (Å²) < 4.78 is 0. The number of nitrogens with one attached hydrogen (secondary N) is 3. The smallest absolute Gasteiger partial charge is 0.130 e. The minimum absolute atomic E-state index is 0.278. The molecule has 2 aromatic carbocycles. The standard InChI is InChI=1S/C23H25N5/c1-15-26-22(17-10-11-18(14-24)21(12-17)25-2)13-23(27-15)28-20-9-5-7-16-6-3-4-8-19(16)20/h3-4,6,8,10-14,20,24-25H,5,7,9H2,1-2H3,(H,26,27,28). The first-order valence-corrected chi connectivity index (χ1v) is 9.70. The van der Waals surface area contributed by atoms with E-state index in [9.17, 15) is 0 Å². The molecule has 0 bridgehead atoms. The molecule has 1 heterocycles. The van der Waals surface area contributed by atoms with E-state index in [0.29, 0.717) is 0 Å². The largest absolute Gasteiger partial charge is 0.388 e. The van der Waals surface area contributed by atoms with Gasteiger partial charge in [0, 0.05) is 36.1 Å². The normalized spacial score (nSPS) is 15.6. The third-order valence-corrected chi connectivity index (χ3v) is 5.30. The number of fused-ring (bicyclic) bond motifs is 1. The highest BCUT2D eigenvalue weighted by atomic mass is 15.0. The van der Waals surface area contributed by atoms with E-state index in [1.54, 1.807) is 0 Å². The van der Waals surface area contributed by atoms with Crippen LogP contribution < -0.4 is 10.6 Å². The Kier molecular flexibility index (Phi) is 5.06. The molecule has 1 unspecified atom stereocenters. The average Bonchev–Trinajstić information content (AvgIpc) is 2.73. The molecule has 1 aliphatic rings. The average molecular weight is 371 g/mol. The number of hydrogen-bond donors (Lipinski definition) is 3. The highest BCUT2D eigenvalue weighted by Crippen LogP contribution is 2.33. The first kappa shape index (κ1) is 18.2. The zero-order valence-corrected chi connectivity index (χ0v) is 16.3. The predicted molar refractivity (Wildman–Crippen MR) is 115 cm³/mol. The van der Waals surface area contributed by atoms with E-state index < -0.39 is 0 Å². The van der Waals surface area contributed by atoms with Gasteiger partial charge >= 0.3 is 0 Å². The van der Waals surface area contributed by atoms with E-state index in [1.165, 1.54) is 23.8 Å². The van der Waals surface area contributed by atoms with Gasteiger partial charge in [0.1, 0.15) is 11.6 Å². The summed E-state index contributed by atoms with van der Waals surface area (Å²) in [5, 5.41) is 14.3. The summed E-state index contributed by atoms with van der Waals surface area (Å²) in [5.74, 6) is 1.59. The number of hydrogen-bond acceptors (Lipinski definition) is 5. The first-order valence-electron chi connectivity index (χ1n) is 9.70. The minimum atomic E-state index is 0.278. The maximum atomic E-state index is 7.53. The van der Waals surface area contributed by atoms with Crippen molar-refractivity contribution in [3.8, 4) is 11.3 Å². The lowest BCUT2D eigenvalue weighted by atomic mass is 9.88. The monoisotopic (exact) mass is 371 g/mol. The molecule has 3 N–H and O–H groups in total. The molecule has 4 rings (SSSR count). The molecule has 3 aromatic rings. The molecule has 28 heavy (non-hydrogen) atoms. The molecule has 0 radical (unpaired) electrons. The Labute approximate surface area is 165 Å². The summed E-state index contributed by atoms with van der Waals surface area (Å²) in [4.78, 5) is 9.27. The molecule has 1 atom stereocenters. The summed E-state index contributed by atoms with van der Waals surface area (Å²) in [6.07, 6.45) is 4.79. The second-order valence-electron chi connectivity index (χ2n) is 7.17. The topological polar surface area (TPSA) is 73.7 Å². The molecule has 0 saturated heterocycles. The Morgan fingerprint density at radius 3 is 2.79 bits per heavy atom. The molecule has 0 aliphatic heterocycles. The highest BCUT2D eigenvalue weighted by molar-refractivity contribution is 5.87. The molecular formula is C23H25N5. The van der Waals surface area contributed by atoms with E-state index >= 15 is 0 Å². The Morgan fingerprint density at radius 1 is 1.11 bits per heavy atom. The Bertz CT molecular complexity index is 1010. The molecule has 0 saturated carbocycles. The summed E-state index contributed by atoms with van der Waals surface area (Å²) in [6, 6.07) is 16.9. The van der Waals surface area contributed by atoms with Gasteiger partial charge in [-0.15, -0.1) is 0 Å². The Balaban J connectivity index is 1.66. The van der Waals surface area contributed by atoms with Gasteiger partial charge in [-0.25, -0.2) is 9.97 Å². The second-order valence-corrected chi connectivity index (χ2v) is 7.17. The van der Waals surface area contributed by atoms with Crippen LogP contribution in [0, 0.1) is 12.3 Å². The van der Waals surface area contributed by atoms with E-state index in [4.69, 9.17) is 5.41 Å². The van der Waals surface area contributed by atoms with Gasteiger partial charge in [-0.3, -0.25) is 0 Å². The Hall–Kier alpha value is -3.21. The lowest BCUT2D eigenvalue weighted by Gasteiger charge is -2.27. The van der Waals surface area contributed by atoms with Gasteiger partial charge in [-0.2, -0.15) is 0 Å². The van der Waals surface area contributed by atoms with Gasteiger partial charge in [0.15, 0.2) is 0 Å². The summed E-state index contributed by atoms with van der Waals surface area (Å²) in [7, 11) is 1.87. The van der Waals surface area contributed by atoms with Crippen molar-refractivity contribution in [2.24, 2.45) is 0 Å². The van der Waals surface area contributed by atoms with Crippen LogP contribution in [-0.2, 0) is 6.42 Å². The molecule has 0 amide bonds. The summed E-state index contributed by atoms with van der Waals surface area (Å²) in [6.45, 7) is 1.93. The second kappa shape index (κ2) is 7.80. The fourth-order valence-electron chi connectivity index (χ4n) is 3.93. The number of anilines is 2. The number of aromatic nitrogens is 2. The molecular weight excluding hydrogens is 346 g/mol. The van der Waals surface area contributed by atoms with Crippen LogP contribution in [-0.4, -0.2) is 23.2 Å². The number of rotatable bonds is 5.